The van der Waals surface area contributed by atoms with Crippen molar-refractivity contribution in [3.63, 3.8) is 0 Å². The Kier molecular flexibility index (Phi) is 20.9. The predicted molar refractivity (Wildman–Crippen MR) is 254 cm³/mol. The molecule has 1 aliphatic carbocycles. The number of ketones is 3. The molecular formula is C53H81NO14. The third-order valence-electron chi connectivity index (χ3n) is 15.2. The molecule has 3 saturated heterocycles. The Morgan fingerprint density at radius 3 is 2.28 bits per heavy atom. The number of cyclic esters (lactones) is 1. The molecule has 0 aromatic heterocycles. The van der Waals surface area contributed by atoms with Crippen molar-refractivity contribution in [1.82, 2.24) is 4.90 Å². The summed E-state index contributed by atoms with van der Waals surface area (Å²) in [5, 5.41) is 34.1. The molecule has 15 nitrogen and oxygen atoms in total. The van der Waals surface area contributed by atoms with Gasteiger partial charge in [0.25, 0.3) is 11.7 Å². The number of piperidine rings is 1. The fourth-order valence-electron chi connectivity index (χ4n) is 10.5. The topological polar surface area (TPSA) is 205 Å². The van der Waals surface area contributed by atoms with Gasteiger partial charge in [0.05, 0.1) is 37.6 Å². The molecule has 68 heavy (non-hydrogen) atoms. The average Bonchev–Trinajstić information content (AvgIpc) is 3.30. The number of rotatable bonds is 7. The zero-order valence-corrected chi connectivity index (χ0v) is 42.0. The lowest BCUT2D eigenvalue weighted by atomic mass is 9.78. The van der Waals surface area contributed by atoms with Gasteiger partial charge in [0, 0.05) is 51.4 Å². The molecule has 1 unspecified atom stereocenters. The summed E-state index contributed by atoms with van der Waals surface area (Å²) in [6.07, 6.45) is 11.0. The number of aliphatic hydroxyl groups excluding tert-OH is 2. The van der Waals surface area contributed by atoms with Crippen LogP contribution in [0.15, 0.2) is 47.6 Å². The van der Waals surface area contributed by atoms with Gasteiger partial charge in [-0.25, -0.2) is 4.79 Å². The van der Waals surface area contributed by atoms with E-state index in [2.05, 4.69) is 0 Å². The molecule has 5 rings (SSSR count). The van der Waals surface area contributed by atoms with Crippen LogP contribution >= 0.6 is 0 Å². The fraction of sp³-hybridized carbons (Fsp3) is 0.755. The summed E-state index contributed by atoms with van der Waals surface area (Å²) in [5.41, 5.74) is 1.27. The third-order valence-corrected chi connectivity index (χ3v) is 15.2. The lowest BCUT2D eigenvalue weighted by molar-refractivity contribution is -0.267. The van der Waals surface area contributed by atoms with Crippen LogP contribution in [0, 0.1) is 35.5 Å². The molecule has 0 aromatic carbocycles. The maximum Gasteiger partial charge on any atom is 0.329 e. The number of nitrogens with zero attached hydrogens (tertiary/aromatic N) is 1. The highest BCUT2D eigenvalue weighted by Gasteiger charge is 2.53. The zero-order valence-electron chi connectivity index (χ0n) is 42.0. The highest BCUT2D eigenvalue weighted by molar-refractivity contribution is 6.39. The van der Waals surface area contributed by atoms with E-state index in [4.69, 9.17) is 28.4 Å². The molecule has 1 amide bonds. The first-order chi connectivity index (χ1) is 32.3. The molecule has 0 spiro atoms. The van der Waals surface area contributed by atoms with E-state index < -0.39 is 83.9 Å². The van der Waals surface area contributed by atoms with Gasteiger partial charge in [0.15, 0.2) is 5.78 Å². The number of aliphatic hydroxyl groups is 3. The molecular weight excluding hydrogens is 875 g/mol. The zero-order chi connectivity index (χ0) is 49.9. The number of carbonyl (C=O) groups is 5. The summed E-state index contributed by atoms with van der Waals surface area (Å²) in [5.74, 6) is -8.05. The SMILES string of the molecule is CO[C@@H]1C[C@H](CC(C)[C@@H]2CC(=O)[C@H](C)/C=C(\C)[C@@H](O)[C@@H](OC)C(=O)[C@H](C)C[C@H](C)/C=C/C=C/C=C(\C)[C@@H](OC3COC3)C[C@@H]3CC[C@@H](C)[C@@](O)(O3)C(=O)C(=O)N3CCCC[C@H]3C(=O)O2)CC[C@H]1O. The second kappa shape index (κ2) is 25.6. The highest BCUT2D eigenvalue weighted by Crippen LogP contribution is 2.38. The van der Waals surface area contributed by atoms with Crippen LogP contribution in [0.5, 0.6) is 0 Å². The van der Waals surface area contributed by atoms with Crippen molar-refractivity contribution in [2.45, 2.75) is 186 Å². The predicted octanol–water partition coefficient (Wildman–Crippen LogP) is 5.95. The van der Waals surface area contributed by atoms with E-state index in [1.165, 1.54) is 12.0 Å². The van der Waals surface area contributed by atoms with E-state index in [0.717, 1.165) is 12.0 Å². The highest BCUT2D eigenvalue weighted by atomic mass is 16.6. The summed E-state index contributed by atoms with van der Waals surface area (Å²) in [6.45, 7) is 13.7. The fourth-order valence-corrected chi connectivity index (χ4v) is 10.5. The van der Waals surface area contributed by atoms with Gasteiger partial charge >= 0.3 is 5.97 Å². The van der Waals surface area contributed by atoms with Crippen LogP contribution in [0.2, 0.25) is 0 Å². The largest absolute Gasteiger partial charge is 0.460 e. The number of methoxy groups -OCH3 is 2. The first kappa shape index (κ1) is 55.5. The second-order valence-electron chi connectivity index (χ2n) is 20.7. The molecule has 15 heteroatoms. The summed E-state index contributed by atoms with van der Waals surface area (Å²) in [4.78, 5) is 72.2. The average molecular weight is 956 g/mol. The lowest BCUT2D eigenvalue weighted by Crippen LogP contribution is -2.61. The van der Waals surface area contributed by atoms with Crippen molar-refractivity contribution in [3.05, 3.63) is 47.6 Å². The Morgan fingerprint density at radius 2 is 1.60 bits per heavy atom. The van der Waals surface area contributed by atoms with E-state index in [9.17, 15) is 39.3 Å². The Balaban J connectivity index is 1.47. The number of carbonyl (C=O) groups excluding carboxylic acids is 5. The summed E-state index contributed by atoms with van der Waals surface area (Å²) >= 11 is 0. The standard InChI is InChI=1S/C53H81NO14/c1-31-15-11-10-12-16-32(2)44(66-40-29-65-30-40)27-39-20-18-37(7)53(62,68-39)50(59)51(60)54-22-14-13-17-41(54)52(61)67-45(34(4)25-38-19-21-42(55)46(26-38)63-8)28-43(56)33(3)24-36(6)48(58)49(64-9)47(57)35(5)23-31/h10-12,15-16,24,31,33-35,37-42,44-46,48-49,55,58,62H,13-14,17-23,25-30H2,1-9H3/b12-10+,15-11+,32-16+,36-24+/t31-,33-,34?,35-,37-,38+,39+,41+,42-,44+,45+,46-,48-,49+,53-/m1/s1. The summed E-state index contributed by atoms with van der Waals surface area (Å²) in [6, 6.07) is -1.15. The van der Waals surface area contributed by atoms with Gasteiger partial charge in [0.1, 0.15) is 36.2 Å². The van der Waals surface area contributed by atoms with Crippen LogP contribution in [0.4, 0.5) is 0 Å². The summed E-state index contributed by atoms with van der Waals surface area (Å²) in [7, 11) is 2.95. The van der Waals surface area contributed by atoms with Gasteiger partial charge in [-0.05, 0) is 107 Å². The smallest absolute Gasteiger partial charge is 0.329 e. The number of amides is 1. The number of esters is 1. The van der Waals surface area contributed by atoms with Crippen molar-refractivity contribution in [2.24, 2.45) is 35.5 Å². The first-order valence-corrected chi connectivity index (χ1v) is 25.1. The molecule has 4 heterocycles. The van der Waals surface area contributed by atoms with Crippen LogP contribution in [-0.2, 0) is 52.4 Å². The third kappa shape index (κ3) is 14.4. The number of hydrogen-bond acceptors (Lipinski definition) is 14. The minimum absolute atomic E-state index is 0.00818. The molecule has 2 bridgehead atoms. The van der Waals surface area contributed by atoms with Crippen LogP contribution < -0.4 is 0 Å². The monoisotopic (exact) mass is 956 g/mol. The van der Waals surface area contributed by atoms with Crippen LogP contribution in [0.3, 0.4) is 0 Å². The van der Waals surface area contributed by atoms with Gasteiger partial charge < -0.3 is 48.6 Å². The van der Waals surface area contributed by atoms with Crippen LogP contribution in [0.1, 0.15) is 126 Å². The molecule has 382 valence electrons. The molecule has 4 fully saturated rings. The van der Waals surface area contributed by atoms with E-state index in [0.29, 0.717) is 76.6 Å². The first-order valence-electron chi connectivity index (χ1n) is 25.1. The Morgan fingerprint density at radius 1 is 0.868 bits per heavy atom. The molecule has 15 atom stereocenters. The van der Waals surface area contributed by atoms with Crippen LogP contribution in [0.25, 0.3) is 0 Å². The van der Waals surface area contributed by atoms with Crippen molar-refractivity contribution >= 4 is 29.2 Å². The number of fused-ring (bicyclic) bond motifs is 3. The Bertz CT molecular complexity index is 1860. The van der Waals surface area contributed by atoms with Crippen molar-refractivity contribution < 1.29 is 67.7 Å². The molecule has 0 radical (unpaired) electrons. The van der Waals surface area contributed by atoms with E-state index in [1.807, 2.05) is 58.1 Å². The quantitative estimate of drug-likeness (QED) is 0.153. The Hall–Kier alpha value is -3.41. The number of ether oxygens (including phenoxy) is 6. The van der Waals surface area contributed by atoms with E-state index in [1.54, 1.807) is 34.0 Å². The lowest BCUT2D eigenvalue weighted by Gasteiger charge is -2.43. The Labute approximate surface area is 404 Å². The van der Waals surface area contributed by atoms with Gasteiger partial charge in [-0.15, -0.1) is 0 Å². The normalized spacial score (nSPS) is 40.4. The van der Waals surface area contributed by atoms with Gasteiger partial charge in [-0.2, -0.15) is 0 Å². The second-order valence-corrected chi connectivity index (χ2v) is 20.7. The van der Waals surface area contributed by atoms with Crippen molar-refractivity contribution in [3.8, 4) is 0 Å². The number of Topliss-reactive ketones (excluding diaryl/α,β-unsaturated/α-hetero) is 3. The van der Waals surface area contributed by atoms with E-state index in [-0.39, 0.29) is 60.9 Å². The number of allylic oxidation sites excluding steroid dienone is 6. The van der Waals surface area contributed by atoms with E-state index >= 15 is 0 Å². The van der Waals surface area contributed by atoms with Gasteiger partial charge in [-0.3, -0.25) is 19.2 Å². The minimum Gasteiger partial charge on any atom is -0.460 e. The number of hydrogen-bond donors (Lipinski definition) is 3. The van der Waals surface area contributed by atoms with Crippen molar-refractivity contribution in [2.75, 3.05) is 34.0 Å². The minimum atomic E-state index is -2.45. The maximum absolute atomic E-state index is 14.4. The molecule has 3 N–H and O–H groups in total. The summed E-state index contributed by atoms with van der Waals surface area (Å²) < 4.78 is 35.5. The van der Waals surface area contributed by atoms with Gasteiger partial charge in [-0.1, -0.05) is 71.1 Å². The maximum atomic E-state index is 14.4. The molecule has 0 aromatic rings. The molecule has 5 aliphatic rings. The van der Waals surface area contributed by atoms with Crippen molar-refractivity contribution in [1.29, 1.82) is 0 Å². The molecule has 4 aliphatic heterocycles. The van der Waals surface area contributed by atoms with Gasteiger partial charge in [0.2, 0.25) is 5.79 Å². The molecule has 1 saturated carbocycles. The van der Waals surface area contributed by atoms with Crippen LogP contribution in [-0.4, -0.2) is 144 Å².